The van der Waals surface area contributed by atoms with E-state index in [0.717, 1.165) is 28.7 Å². The van der Waals surface area contributed by atoms with Gasteiger partial charge in [0.25, 0.3) is 0 Å². The molecule has 1 aliphatic carbocycles. The van der Waals surface area contributed by atoms with E-state index in [1.165, 1.54) is 49.1 Å². The van der Waals surface area contributed by atoms with Gasteiger partial charge in [0.15, 0.2) is 0 Å². The van der Waals surface area contributed by atoms with Crippen LogP contribution in [0.5, 0.6) is 0 Å². The van der Waals surface area contributed by atoms with Crippen molar-refractivity contribution < 1.29 is 13.9 Å². The molecule has 9 heteroatoms. The number of aliphatic hydroxyl groups is 1. The number of hydrogen-bond acceptors (Lipinski definition) is 5. The van der Waals surface area contributed by atoms with Crippen LogP contribution in [0.4, 0.5) is 14.5 Å². The Labute approximate surface area is 190 Å². The molecule has 2 atom stereocenters. The first kappa shape index (κ1) is 21.5. The van der Waals surface area contributed by atoms with Gasteiger partial charge in [-0.3, -0.25) is 4.68 Å². The average molecular weight is 453 g/mol. The molecule has 2 aromatic heterocycles. The molecule has 7 nitrogen and oxygen atoms in total. The molecule has 5 rings (SSSR count). The lowest BCUT2D eigenvalue weighted by molar-refractivity contribution is -0.0354. The van der Waals surface area contributed by atoms with Gasteiger partial charge in [-0.15, -0.1) is 0 Å². The summed E-state index contributed by atoms with van der Waals surface area (Å²) in [6.45, 7) is 1.68. The van der Waals surface area contributed by atoms with Crippen molar-refractivity contribution in [2.24, 2.45) is 0 Å². The van der Waals surface area contributed by atoms with Crippen LogP contribution in [0.25, 0.3) is 10.9 Å². The molecular formula is C24H26F2N6O. The highest BCUT2D eigenvalue weighted by atomic mass is 19.1. The van der Waals surface area contributed by atoms with Crippen LogP contribution in [0.3, 0.4) is 0 Å². The van der Waals surface area contributed by atoms with E-state index >= 15 is 0 Å². The molecule has 1 saturated carbocycles. The number of rotatable bonds is 7. The van der Waals surface area contributed by atoms with Crippen LogP contribution in [-0.2, 0) is 12.1 Å². The lowest BCUT2D eigenvalue weighted by Crippen LogP contribution is -2.41. The zero-order valence-corrected chi connectivity index (χ0v) is 18.3. The fourth-order valence-electron chi connectivity index (χ4n) is 4.80. The van der Waals surface area contributed by atoms with Crippen LogP contribution in [-0.4, -0.2) is 35.7 Å². The zero-order chi connectivity index (χ0) is 23.0. The summed E-state index contributed by atoms with van der Waals surface area (Å²) in [6, 6.07) is 8.97. The van der Waals surface area contributed by atoms with Gasteiger partial charge >= 0.3 is 0 Å². The normalized spacial score (nSPS) is 17.3. The summed E-state index contributed by atoms with van der Waals surface area (Å²) in [6.07, 6.45) is 9.37. The van der Waals surface area contributed by atoms with Gasteiger partial charge in [-0.2, -0.15) is 10.2 Å². The highest BCUT2D eigenvalue weighted by molar-refractivity contribution is 5.82. The van der Waals surface area contributed by atoms with Crippen LogP contribution >= 0.6 is 0 Å². The Bertz CT molecular complexity index is 1250. The second kappa shape index (κ2) is 8.55. The van der Waals surface area contributed by atoms with Gasteiger partial charge in [-0.05, 0) is 44.0 Å². The predicted molar refractivity (Wildman–Crippen MR) is 121 cm³/mol. The molecule has 172 valence electrons. The molecule has 2 N–H and O–H groups in total. The van der Waals surface area contributed by atoms with Crippen LogP contribution in [0.1, 0.15) is 44.2 Å². The summed E-state index contributed by atoms with van der Waals surface area (Å²) >= 11 is 0. The molecule has 0 bridgehead atoms. The van der Waals surface area contributed by atoms with Crippen molar-refractivity contribution in [3.63, 3.8) is 0 Å². The predicted octanol–water partition coefficient (Wildman–Crippen LogP) is 4.41. The van der Waals surface area contributed by atoms with Crippen molar-refractivity contribution in [1.82, 2.24) is 24.5 Å². The van der Waals surface area contributed by atoms with E-state index in [4.69, 9.17) is 0 Å². The summed E-state index contributed by atoms with van der Waals surface area (Å²) in [5.41, 5.74) is 0.0312. The average Bonchev–Trinajstić information content (AvgIpc) is 3.55. The fourth-order valence-corrected chi connectivity index (χ4v) is 4.80. The number of hydrogen-bond donors (Lipinski definition) is 2. The molecule has 1 fully saturated rings. The van der Waals surface area contributed by atoms with E-state index in [0.29, 0.717) is 6.04 Å². The number of anilines is 1. The van der Waals surface area contributed by atoms with Crippen molar-refractivity contribution in [3.8, 4) is 0 Å². The number of nitrogens with zero attached hydrogens (tertiary/aromatic N) is 5. The molecule has 2 aromatic carbocycles. The highest BCUT2D eigenvalue weighted by Gasteiger charge is 2.41. The van der Waals surface area contributed by atoms with Gasteiger partial charge in [0.1, 0.15) is 29.9 Å². The number of fused-ring (bicyclic) bond motifs is 1. The Kier molecular flexibility index (Phi) is 5.57. The van der Waals surface area contributed by atoms with Crippen LogP contribution in [0.2, 0.25) is 0 Å². The molecule has 0 aliphatic heterocycles. The van der Waals surface area contributed by atoms with Crippen molar-refractivity contribution in [1.29, 1.82) is 0 Å². The Hall–Kier alpha value is -3.33. The Morgan fingerprint density at radius 1 is 1.15 bits per heavy atom. The van der Waals surface area contributed by atoms with Crippen LogP contribution < -0.4 is 5.32 Å². The van der Waals surface area contributed by atoms with Gasteiger partial charge < -0.3 is 10.4 Å². The third-order valence-corrected chi connectivity index (χ3v) is 6.65. The Balaban J connectivity index is 1.52. The van der Waals surface area contributed by atoms with E-state index < -0.39 is 23.3 Å². The Morgan fingerprint density at radius 2 is 1.97 bits per heavy atom. The Morgan fingerprint density at radius 3 is 2.70 bits per heavy atom. The fraction of sp³-hybridized carbons (Fsp3) is 0.375. The third kappa shape index (κ3) is 4.08. The van der Waals surface area contributed by atoms with E-state index in [-0.39, 0.29) is 12.1 Å². The quantitative estimate of drug-likeness (QED) is 0.434. The van der Waals surface area contributed by atoms with Gasteiger partial charge in [0, 0.05) is 28.7 Å². The maximum Gasteiger partial charge on any atom is 0.137 e. The van der Waals surface area contributed by atoms with E-state index in [1.807, 2.05) is 18.2 Å². The molecule has 33 heavy (non-hydrogen) atoms. The SMILES string of the molecule is C[C@@H](n1ncc2cc(NC3CCCC3)ccc21)[C@](O)(Cn1cncn1)c1ccc(F)cc1F. The molecule has 0 radical (unpaired) electrons. The molecule has 1 aliphatic rings. The lowest BCUT2D eigenvalue weighted by atomic mass is 9.86. The van der Waals surface area contributed by atoms with E-state index in [9.17, 15) is 13.9 Å². The first-order valence-corrected chi connectivity index (χ1v) is 11.2. The second-order valence-corrected chi connectivity index (χ2v) is 8.81. The molecule has 0 spiro atoms. The zero-order valence-electron chi connectivity index (χ0n) is 18.3. The minimum atomic E-state index is -1.77. The third-order valence-electron chi connectivity index (χ3n) is 6.65. The monoisotopic (exact) mass is 452 g/mol. The highest BCUT2D eigenvalue weighted by Crippen LogP contribution is 2.38. The minimum absolute atomic E-state index is 0.0323. The summed E-state index contributed by atoms with van der Waals surface area (Å²) < 4.78 is 31.6. The topological polar surface area (TPSA) is 80.8 Å². The molecule has 0 unspecified atom stereocenters. The summed E-state index contributed by atoms with van der Waals surface area (Å²) in [5, 5.41) is 24.9. The van der Waals surface area contributed by atoms with Crippen molar-refractivity contribution >= 4 is 16.6 Å². The number of aromatic nitrogens is 5. The maximum atomic E-state index is 14.9. The van der Waals surface area contributed by atoms with Gasteiger partial charge in [-0.1, -0.05) is 18.9 Å². The van der Waals surface area contributed by atoms with Crippen molar-refractivity contribution in [3.05, 3.63) is 72.4 Å². The number of benzene rings is 2. The van der Waals surface area contributed by atoms with Crippen molar-refractivity contribution in [2.45, 2.75) is 56.8 Å². The van der Waals surface area contributed by atoms with Gasteiger partial charge in [0.2, 0.25) is 0 Å². The van der Waals surface area contributed by atoms with Gasteiger partial charge in [0.05, 0.1) is 24.3 Å². The van der Waals surface area contributed by atoms with E-state index in [2.05, 4.69) is 20.5 Å². The summed E-state index contributed by atoms with van der Waals surface area (Å²) in [5.74, 6) is -1.54. The largest absolute Gasteiger partial charge is 0.382 e. The molecular weight excluding hydrogens is 426 g/mol. The maximum absolute atomic E-state index is 14.9. The number of halogens is 2. The van der Waals surface area contributed by atoms with Crippen molar-refractivity contribution in [2.75, 3.05) is 5.32 Å². The smallest absolute Gasteiger partial charge is 0.137 e. The minimum Gasteiger partial charge on any atom is -0.382 e. The second-order valence-electron chi connectivity index (χ2n) is 8.81. The molecule has 0 saturated heterocycles. The molecule has 0 amide bonds. The van der Waals surface area contributed by atoms with E-state index in [1.54, 1.807) is 17.8 Å². The number of nitrogens with one attached hydrogen (secondary N) is 1. The van der Waals surface area contributed by atoms with Gasteiger partial charge in [-0.25, -0.2) is 18.4 Å². The summed E-state index contributed by atoms with van der Waals surface area (Å²) in [4.78, 5) is 3.92. The van der Waals surface area contributed by atoms with Crippen LogP contribution in [0.15, 0.2) is 55.2 Å². The molecule has 2 heterocycles. The molecule has 4 aromatic rings. The first-order valence-electron chi connectivity index (χ1n) is 11.2. The lowest BCUT2D eigenvalue weighted by Gasteiger charge is -2.35. The summed E-state index contributed by atoms with van der Waals surface area (Å²) in [7, 11) is 0. The first-order chi connectivity index (χ1) is 15.9. The standard InChI is InChI=1S/C24H26F2N6O/c1-16(24(33,13-31-15-27-14-29-31)21-8-6-18(25)11-22(21)26)32-23-9-7-20(10-17(23)12-28-32)30-19-4-2-3-5-19/h6-12,14-16,19,30,33H,2-5,13H2,1H3/t16-,24-/m1/s1. The van der Waals surface area contributed by atoms with Crippen LogP contribution in [0, 0.1) is 11.6 Å².